The SMILES string of the molecule is C[Si](C)(C)c1cnc(-c2[c-]cccc2)c(CC2CCCCC2)c1.[2H]c1[c-]c(-c2cc(C(C)C)c([Si](C)(C)C)cn2)cc([2H])c1[2H].[2H]c1[c-]c(-c2cc(C)c([Si](C)(C)C)cn2)cc([2H])c1[2H].[Ir].[Ir].[Ir]. The summed E-state index contributed by atoms with van der Waals surface area (Å²) in [4.78, 5) is 13.9. The van der Waals surface area contributed by atoms with Crippen LogP contribution in [0.2, 0.25) is 58.9 Å². The van der Waals surface area contributed by atoms with Crippen molar-refractivity contribution < 1.29 is 68.5 Å². The van der Waals surface area contributed by atoms with Crippen molar-refractivity contribution in [3.63, 3.8) is 0 Å². The average Bonchev–Trinajstić information content (AvgIpc) is 3.24. The quantitative estimate of drug-likeness (QED) is 0.107. The fraction of sp³-hybridized carbons (Fsp3) is 0.377. The monoisotopic (exact) mass is 1420 g/mol. The van der Waals surface area contributed by atoms with Crippen molar-refractivity contribution >= 4 is 39.8 Å². The number of aryl methyl sites for hydroxylation is 1. The first-order valence-corrected chi connectivity index (χ1v) is 31.8. The van der Waals surface area contributed by atoms with E-state index < -0.39 is 24.2 Å². The smallest absolute Gasteiger partial charge is 0.0799 e. The Hall–Kier alpha value is -2.29. The predicted molar refractivity (Wildman–Crippen MR) is 264 cm³/mol. The number of rotatable bonds is 9. The van der Waals surface area contributed by atoms with Gasteiger partial charge < -0.3 is 15.0 Å². The predicted octanol–water partition coefficient (Wildman–Crippen LogP) is 12.8. The zero-order valence-corrected chi connectivity index (χ0v) is 48.9. The van der Waals surface area contributed by atoms with Crippen LogP contribution in [0.1, 0.15) is 76.8 Å². The maximum atomic E-state index is 7.78. The molecule has 0 unspecified atom stereocenters. The molecule has 7 rings (SSSR count). The Morgan fingerprint density at radius 3 is 1.68 bits per heavy atom. The van der Waals surface area contributed by atoms with Gasteiger partial charge in [-0.05, 0) is 60.6 Å². The molecule has 9 heteroatoms. The first-order chi connectivity index (χ1) is 30.3. The van der Waals surface area contributed by atoms with Gasteiger partial charge in [0.2, 0.25) is 0 Å². The van der Waals surface area contributed by atoms with Crippen LogP contribution in [0.25, 0.3) is 33.8 Å². The van der Waals surface area contributed by atoms with E-state index in [1.165, 1.54) is 70.8 Å². The van der Waals surface area contributed by atoms with Gasteiger partial charge in [0.15, 0.2) is 0 Å². The summed E-state index contributed by atoms with van der Waals surface area (Å²) in [6, 6.07) is 26.7. The van der Waals surface area contributed by atoms with Crippen LogP contribution in [-0.2, 0) is 66.7 Å². The van der Waals surface area contributed by atoms with Gasteiger partial charge in [0.05, 0.1) is 24.2 Å². The third-order valence-electron chi connectivity index (χ3n) is 11.0. The van der Waals surface area contributed by atoms with E-state index in [1.54, 1.807) is 12.1 Å². The summed E-state index contributed by atoms with van der Waals surface area (Å²) >= 11 is 0. The minimum atomic E-state index is -1.47. The number of hydrogen-bond acceptors (Lipinski definition) is 3. The fourth-order valence-corrected chi connectivity index (χ4v) is 12.1. The topological polar surface area (TPSA) is 38.7 Å². The molecule has 0 atom stereocenters. The van der Waals surface area contributed by atoms with E-state index in [4.69, 9.17) is 13.2 Å². The number of benzene rings is 3. The molecule has 337 valence electrons. The van der Waals surface area contributed by atoms with Gasteiger partial charge in [-0.2, -0.15) is 0 Å². The Morgan fingerprint density at radius 1 is 0.629 bits per heavy atom. The maximum Gasteiger partial charge on any atom is 0.0799 e. The second-order valence-corrected chi connectivity index (χ2v) is 34.5. The van der Waals surface area contributed by atoms with Crippen LogP contribution >= 0.6 is 0 Å². The van der Waals surface area contributed by atoms with E-state index in [1.807, 2.05) is 30.6 Å². The number of nitrogens with zero attached hydrogens (tertiary/aromatic N) is 3. The molecule has 3 heterocycles. The minimum absolute atomic E-state index is 0. The van der Waals surface area contributed by atoms with Crippen LogP contribution in [-0.4, -0.2) is 39.2 Å². The summed E-state index contributed by atoms with van der Waals surface area (Å²) in [7, 11) is -4.21. The summed E-state index contributed by atoms with van der Waals surface area (Å²) < 4.78 is 46.0. The van der Waals surface area contributed by atoms with Gasteiger partial charge >= 0.3 is 0 Å². The average molecular weight is 1410 g/mol. The molecule has 1 aliphatic carbocycles. The third kappa shape index (κ3) is 16.3. The molecule has 62 heavy (non-hydrogen) atoms. The van der Waals surface area contributed by atoms with Crippen molar-refractivity contribution in [3.8, 4) is 33.8 Å². The van der Waals surface area contributed by atoms with E-state index in [2.05, 4.69) is 138 Å². The molecule has 0 spiro atoms. The Balaban J connectivity index is 0.000000343. The van der Waals surface area contributed by atoms with Crippen molar-refractivity contribution in [3.05, 3.63) is 144 Å². The zero-order chi connectivity index (χ0) is 48.0. The van der Waals surface area contributed by atoms with Crippen molar-refractivity contribution in [2.75, 3.05) is 0 Å². The first-order valence-electron chi connectivity index (χ1n) is 24.3. The first kappa shape index (κ1) is 46.2. The van der Waals surface area contributed by atoms with E-state index in [9.17, 15) is 0 Å². The molecule has 3 aromatic heterocycles. The second kappa shape index (κ2) is 25.4. The molecule has 1 aliphatic rings. The number of pyridine rings is 3. The molecular weight excluding hydrogens is 1340 g/mol. The van der Waals surface area contributed by atoms with Gasteiger partial charge in [0.1, 0.15) is 0 Å². The normalized spacial score (nSPS) is 14.3. The Labute approximate surface area is 428 Å². The molecule has 1 fully saturated rings. The van der Waals surface area contributed by atoms with Crippen LogP contribution in [0.4, 0.5) is 0 Å². The maximum absolute atomic E-state index is 7.78. The zero-order valence-electron chi connectivity index (χ0n) is 44.7. The molecule has 3 radical (unpaired) electrons. The van der Waals surface area contributed by atoms with E-state index in [0.29, 0.717) is 22.7 Å². The molecule has 0 aliphatic heterocycles. The molecule has 0 N–H and O–H groups in total. The van der Waals surface area contributed by atoms with Gasteiger partial charge in [0, 0.05) is 84.4 Å². The van der Waals surface area contributed by atoms with Gasteiger partial charge in [0.25, 0.3) is 0 Å². The number of hydrogen-bond donors (Lipinski definition) is 0. The second-order valence-electron chi connectivity index (χ2n) is 19.3. The van der Waals surface area contributed by atoms with Gasteiger partial charge in [-0.15, -0.1) is 108 Å². The minimum Gasteiger partial charge on any atom is -0.305 e. The Kier molecular flexibility index (Phi) is 19.0. The van der Waals surface area contributed by atoms with Crippen LogP contribution in [0.15, 0.2) is 109 Å². The summed E-state index contributed by atoms with van der Waals surface area (Å²) in [5.41, 5.74) is 8.88. The summed E-state index contributed by atoms with van der Waals surface area (Å²) in [5.74, 6) is 1.23. The van der Waals surface area contributed by atoms with Crippen LogP contribution in [0, 0.1) is 31.0 Å². The molecule has 1 saturated carbocycles. The standard InChI is InChI=1S/C21H28NSi.C17H22NSi.C15H18NSi.3Ir/c1-23(2,3)20-15-19(14-17-10-6-4-7-11-17)21(22-16-20)18-12-8-5-9-13-18;1-13(2)15-11-16(14-9-7-6-8-10-14)18-12-17(15)19(3,4)5;1-12-10-14(13-8-6-5-7-9-13)16-11-15(12)17(2,3)4;;;/h5,8-9,12,15-17H,4,6-7,10-11,14H2,1-3H3;6-9,11-13H,1-5H3;5-8,10-11H,1-4H3;;;/q3*-1;;;/i;6D,7D,8D;5D,6D,7D;;;. The fourth-order valence-electron chi connectivity index (χ4n) is 7.61. The largest absolute Gasteiger partial charge is 0.305 e. The molecule has 6 aromatic rings. The van der Waals surface area contributed by atoms with Crippen molar-refractivity contribution in [1.82, 2.24) is 15.0 Å². The molecule has 0 bridgehead atoms. The molecule has 3 nitrogen and oxygen atoms in total. The molecular formula is C53H68Ir3N3Si3-3. The molecule has 0 saturated heterocycles. The van der Waals surface area contributed by atoms with Gasteiger partial charge in [-0.1, -0.05) is 140 Å². The van der Waals surface area contributed by atoms with Gasteiger partial charge in [-0.3, -0.25) is 0 Å². The van der Waals surface area contributed by atoms with E-state index >= 15 is 0 Å². The van der Waals surface area contributed by atoms with E-state index in [0.717, 1.165) is 22.9 Å². The Bertz CT molecular complexity index is 2550. The summed E-state index contributed by atoms with van der Waals surface area (Å²) in [5, 5.41) is 4.14. The van der Waals surface area contributed by atoms with Crippen LogP contribution in [0.3, 0.4) is 0 Å². The summed E-state index contributed by atoms with van der Waals surface area (Å²) in [6.45, 7) is 27.4. The molecule has 3 aromatic carbocycles. The van der Waals surface area contributed by atoms with Crippen molar-refractivity contribution in [2.45, 2.75) is 124 Å². The summed E-state index contributed by atoms with van der Waals surface area (Å²) in [6.07, 6.45) is 14.2. The van der Waals surface area contributed by atoms with E-state index in [-0.39, 0.29) is 96.6 Å². The van der Waals surface area contributed by atoms with Crippen molar-refractivity contribution in [2.24, 2.45) is 5.92 Å². The molecule has 0 amide bonds. The third-order valence-corrected chi connectivity index (χ3v) is 17.1. The van der Waals surface area contributed by atoms with Gasteiger partial charge in [-0.25, -0.2) is 0 Å². The van der Waals surface area contributed by atoms with Crippen LogP contribution in [0.5, 0.6) is 0 Å². The number of aromatic nitrogens is 3. The van der Waals surface area contributed by atoms with Crippen molar-refractivity contribution in [1.29, 1.82) is 0 Å². The van der Waals surface area contributed by atoms with Crippen LogP contribution < -0.4 is 15.6 Å². The Morgan fingerprint density at radius 2 is 1.19 bits per heavy atom.